The quantitative estimate of drug-likeness (QED) is 0.800. The summed E-state index contributed by atoms with van der Waals surface area (Å²) in [5, 5.41) is 9.96. The summed E-state index contributed by atoms with van der Waals surface area (Å²) in [6.07, 6.45) is 0. The number of anilines is 1. The monoisotopic (exact) mass is 309 g/mol. The lowest BCUT2D eigenvalue weighted by atomic mass is 10.0. The predicted molar refractivity (Wildman–Crippen MR) is 85.4 cm³/mol. The number of aromatic nitrogens is 2. The first-order valence-electron chi connectivity index (χ1n) is 7.02. The number of ether oxygens (including phenoxy) is 1. The molecule has 0 saturated heterocycles. The van der Waals surface area contributed by atoms with Crippen molar-refractivity contribution < 1.29 is 13.9 Å². The Labute approximate surface area is 133 Å². The Morgan fingerprint density at radius 3 is 2.57 bits per heavy atom. The molecule has 3 aromatic rings. The number of nitrogens with zero attached hydrogens (tertiary/aromatic N) is 2. The van der Waals surface area contributed by atoms with Crippen molar-refractivity contribution in [1.29, 1.82) is 0 Å². The highest BCUT2D eigenvalue weighted by Gasteiger charge is 2.14. The Hall–Kier alpha value is -3.15. The second kappa shape index (κ2) is 6.31. The molecule has 0 bridgehead atoms. The second-order valence-electron chi connectivity index (χ2n) is 4.86. The van der Waals surface area contributed by atoms with E-state index in [2.05, 4.69) is 15.5 Å². The summed E-state index contributed by atoms with van der Waals surface area (Å²) in [7, 11) is 1.57. The average Bonchev–Trinajstić information content (AvgIpc) is 3.00. The zero-order chi connectivity index (χ0) is 16.2. The standard InChI is InChI=1S/C17H15N3O3/c1-11-19-20-17(23-11)18-16(21)13-8-9-14(15(10-13)22-2)12-6-4-3-5-7-12/h3-10H,1-2H3,(H,18,20,21). The van der Waals surface area contributed by atoms with Crippen LogP contribution in [0.25, 0.3) is 11.1 Å². The number of methoxy groups -OCH3 is 1. The number of hydrogen-bond acceptors (Lipinski definition) is 5. The normalized spacial score (nSPS) is 10.3. The van der Waals surface area contributed by atoms with Crippen LogP contribution in [0.1, 0.15) is 16.2 Å². The van der Waals surface area contributed by atoms with E-state index in [1.807, 2.05) is 36.4 Å². The van der Waals surface area contributed by atoms with E-state index in [4.69, 9.17) is 9.15 Å². The third kappa shape index (κ3) is 3.21. The van der Waals surface area contributed by atoms with Gasteiger partial charge in [0.25, 0.3) is 5.91 Å². The summed E-state index contributed by atoms with van der Waals surface area (Å²) < 4.78 is 10.6. The van der Waals surface area contributed by atoms with Gasteiger partial charge in [0.2, 0.25) is 5.89 Å². The Morgan fingerprint density at radius 2 is 1.91 bits per heavy atom. The molecular weight excluding hydrogens is 294 g/mol. The number of aryl methyl sites for hydroxylation is 1. The molecule has 0 unspecified atom stereocenters. The van der Waals surface area contributed by atoms with Crippen molar-refractivity contribution in [1.82, 2.24) is 10.2 Å². The summed E-state index contributed by atoms with van der Waals surface area (Å²) in [5.41, 5.74) is 2.37. The van der Waals surface area contributed by atoms with Crippen LogP contribution < -0.4 is 10.1 Å². The van der Waals surface area contributed by atoms with Crippen LogP contribution in [0.5, 0.6) is 5.75 Å². The Balaban J connectivity index is 1.88. The molecule has 3 rings (SSSR count). The van der Waals surface area contributed by atoms with Gasteiger partial charge in [0.15, 0.2) is 0 Å². The molecule has 116 valence electrons. The van der Waals surface area contributed by atoms with Gasteiger partial charge in [-0.3, -0.25) is 10.1 Å². The summed E-state index contributed by atoms with van der Waals surface area (Å²) in [6, 6.07) is 15.1. The van der Waals surface area contributed by atoms with Gasteiger partial charge in [0, 0.05) is 18.1 Å². The van der Waals surface area contributed by atoms with Gasteiger partial charge in [-0.2, -0.15) is 0 Å². The van der Waals surface area contributed by atoms with Crippen molar-refractivity contribution in [2.24, 2.45) is 0 Å². The van der Waals surface area contributed by atoms with Crippen LogP contribution in [-0.4, -0.2) is 23.2 Å². The van der Waals surface area contributed by atoms with Crippen LogP contribution >= 0.6 is 0 Å². The summed E-state index contributed by atoms with van der Waals surface area (Å²) in [4.78, 5) is 12.2. The van der Waals surface area contributed by atoms with Crippen molar-refractivity contribution in [2.45, 2.75) is 6.92 Å². The lowest BCUT2D eigenvalue weighted by molar-refractivity contribution is 0.102. The average molecular weight is 309 g/mol. The lowest BCUT2D eigenvalue weighted by Gasteiger charge is -2.10. The van der Waals surface area contributed by atoms with Gasteiger partial charge in [-0.05, 0) is 23.8 Å². The van der Waals surface area contributed by atoms with Gasteiger partial charge in [0.05, 0.1) is 7.11 Å². The minimum atomic E-state index is -0.341. The molecule has 1 N–H and O–H groups in total. The molecule has 1 aromatic heterocycles. The summed E-state index contributed by atoms with van der Waals surface area (Å²) in [6.45, 7) is 1.65. The van der Waals surface area contributed by atoms with Gasteiger partial charge in [-0.1, -0.05) is 35.4 Å². The molecule has 0 radical (unpaired) electrons. The highest BCUT2D eigenvalue weighted by atomic mass is 16.5. The van der Waals surface area contributed by atoms with Crippen LogP contribution in [0.4, 0.5) is 6.01 Å². The molecule has 6 nitrogen and oxygen atoms in total. The van der Waals surface area contributed by atoms with E-state index >= 15 is 0 Å². The molecule has 0 fully saturated rings. The maximum absolute atomic E-state index is 12.2. The molecule has 23 heavy (non-hydrogen) atoms. The number of benzene rings is 2. The first-order valence-corrected chi connectivity index (χ1v) is 7.02. The van der Waals surface area contributed by atoms with Gasteiger partial charge >= 0.3 is 6.01 Å². The molecule has 2 aromatic carbocycles. The SMILES string of the molecule is COc1cc(C(=O)Nc2nnc(C)o2)ccc1-c1ccccc1. The van der Waals surface area contributed by atoms with Gasteiger partial charge < -0.3 is 9.15 Å². The molecule has 0 aliphatic rings. The number of nitrogens with one attached hydrogen (secondary N) is 1. The zero-order valence-electron chi connectivity index (χ0n) is 12.7. The van der Waals surface area contributed by atoms with Gasteiger partial charge in [-0.25, -0.2) is 0 Å². The van der Waals surface area contributed by atoms with Crippen LogP contribution in [0, 0.1) is 6.92 Å². The maximum Gasteiger partial charge on any atom is 0.322 e. The van der Waals surface area contributed by atoms with Crippen molar-refractivity contribution in [3.63, 3.8) is 0 Å². The van der Waals surface area contributed by atoms with Gasteiger partial charge in [0.1, 0.15) is 5.75 Å². The first kappa shape index (κ1) is 14.8. The number of carbonyl (C=O) groups excluding carboxylic acids is 1. The van der Waals surface area contributed by atoms with E-state index in [0.717, 1.165) is 11.1 Å². The molecule has 0 saturated carbocycles. The van der Waals surface area contributed by atoms with Crippen molar-refractivity contribution in [3.8, 4) is 16.9 Å². The van der Waals surface area contributed by atoms with E-state index in [1.165, 1.54) is 0 Å². The highest BCUT2D eigenvalue weighted by molar-refractivity contribution is 6.03. The highest BCUT2D eigenvalue weighted by Crippen LogP contribution is 2.30. The number of carbonyl (C=O) groups is 1. The topological polar surface area (TPSA) is 77.2 Å². The van der Waals surface area contributed by atoms with E-state index in [1.54, 1.807) is 26.2 Å². The fourth-order valence-electron chi connectivity index (χ4n) is 2.21. The second-order valence-corrected chi connectivity index (χ2v) is 4.86. The van der Waals surface area contributed by atoms with E-state index < -0.39 is 0 Å². The molecule has 0 atom stereocenters. The van der Waals surface area contributed by atoms with Crippen LogP contribution in [0.3, 0.4) is 0 Å². The minimum Gasteiger partial charge on any atom is -0.496 e. The Morgan fingerprint density at radius 1 is 1.13 bits per heavy atom. The largest absolute Gasteiger partial charge is 0.496 e. The molecule has 0 aliphatic heterocycles. The fraction of sp³-hybridized carbons (Fsp3) is 0.118. The maximum atomic E-state index is 12.2. The van der Waals surface area contributed by atoms with Crippen molar-refractivity contribution >= 4 is 11.9 Å². The molecule has 1 amide bonds. The van der Waals surface area contributed by atoms with Crippen molar-refractivity contribution in [3.05, 3.63) is 60.0 Å². The Bertz CT molecular complexity index is 828. The van der Waals surface area contributed by atoms with E-state index in [-0.39, 0.29) is 11.9 Å². The predicted octanol–water partition coefficient (Wildman–Crippen LogP) is 3.31. The van der Waals surface area contributed by atoms with E-state index in [9.17, 15) is 4.79 Å². The van der Waals surface area contributed by atoms with Crippen LogP contribution in [0.15, 0.2) is 52.9 Å². The fourth-order valence-corrected chi connectivity index (χ4v) is 2.21. The summed E-state index contributed by atoms with van der Waals surface area (Å²) >= 11 is 0. The van der Waals surface area contributed by atoms with Crippen LogP contribution in [0.2, 0.25) is 0 Å². The van der Waals surface area contributed by atoms with Crippen LogP contribution in [-0.2, 0) is 0 Å². The van der Waals surface area contributed by atoms with Gasteiger partial charge in [-0.15, -0.1) is 5.10 Å². The van der Waals surface area contributed by atoms with E-state index in [0.29, 0.717) is 17.2 Å². The zero-order valence-corrected chi connectivity index (χ0v) is 12.7. The number of hydrogen-bond donors (Lipinski definition) is 1. The molecule has 6 heteroatoms. The number of amides is 1. The first-order chi connectivity index (χ1) is 11.2. The van der Waals surface area contributed by atoms with Crippen molar-refractivity contribution in [2.75, 3.05) is 12.4 Å². The third-order valence-electron chi connectivity index (χ3n) is 3.30. The summed E-state index contributed by atoms with van der Waals surface area (Å²) in [5.74, 6) is 0.662. The molecule has 0 aliphatic carbocycles. The molecule has 1 heterocycles. The molecular formula is C17H15N3O3. The Kier molecular flexibility index (Phi) is 4.05. The minimum absolute atomic E-state index is 0.0682. The number of rotatable bonds is 4. The molecule has 0 spiro atoms. The lowest BCUT2D eigenvalue weighted by Crippen LogP contribution is -2.12. The smallest absolute Gasteiger partial charge is 0.322 e. The third-order valence-corrected chi connectivity index (χ3v) is 3.30.